The van der Waals surface area contributed by atoms with Crippen LogP contribution in [0.25, 0.3) is 11.3 Å². The van der Waals surface area contributed by atoms with Crippen LogP contribution < -0.4 is 10.4 Å². The fourth-order valence-corrected chi connectivity index (χ4v) is 5.90. The molecule has 44 heavy (non-hydrogen) atoms. The second kappa shape index (κ2) is 11.4. The Balaban J connectivity index is 1.60. The number of Topliss-reactive ketones (excluding diaryl/α,β-unsaturated/α-hetero) is 1. The Labute approximate surface area is 251 Å². The highest BCUT2D eigenvalue weighted by molar-refractivity contribution is 6.02. The van der Waals surface area contributed by atoms with Gasteiger partial charge in [0.25, 0.3) is 5.79 Å². The molecule has 1 aliphatic heterocycles. The van der Waals surface area contributed by atoms with Crippen LogP contribution in [-0.2, 0) is 23.8 Å². The van der Waals surface area contributed by atoms with Crippen molar-refractivity contribution in [3.05, 3.63) is 82.0 Å². The lowest BCUT2D eigenvalue weighted by atomic mass is 9.64. The predicted octanol–water partition coefficient (Wildman–Crippen LogP) is 4.00. The number of carbonyl (C=O) groups excluding carboxylic acids is 4. The average molecular weight is 601 g/mol. The molecule has 3 heterocycles. The van der Waals surface area contributed by atoms with Crippen LogP contribution in [0, 0.1) is 23.2 Å². The summed E-state index contributed by atoms with van der Waals surface area (Å²) < 4.78 is 28.8. The number of carbonyl (C=O) groups is 4. The standard InChI is InChI=1S/C32H28N2O10/c1-17(35)42-32(4,43-18(2)36)22-12-23-28(37)27-25(14-24(40-30(27)39)21-6-5-11-34-16-21)44-31(23,3)26(13-22)41-29(38)20-9-7-19(15-33)8-10-20/h5-11,14,16,22-23,26H,12-13H2,1-4H3/t22-,23-,26-,31-/m0/s1. The fourth-order valence-electron chi connectivity index (χ4n) is 5.90. The lowest BCUT2D eigenvalue weighted by Crippen LogP contribution is -2.64. The maximum absolute atomic E-state index is 14.1. The van der Waals surface area contributed by atoms with E-state index in [1.165, 1.54) is 43.5 Å². The van der Waals surface area contributed by atoms with Crippen molar-refractivity contribution in [2.75, 3.05) is 0 Å². The van der Waals surface area contributed by atoms with Crippen LogP contribution in [0.1, 0.15) is 66.8 Å². The summed E-state index contributed by atoms with van der Waals surface area (Å²) in [5.41, 5.74) is -1.80. The Morgan fingerprint density at radius 1 is 1.07 bits per heavy atom. The van der Waals surface area contributed by atoms with E-state index in [2.05, 4.69) is 4.98 Å². The van der Waals surface area contributed by atoms with Crippen LogP contribution in [0.2, 0.25) is 0 Å². The molecule has 0 amide bonds. The van der Waals surface area contributed by atoms with Crippen molar-refractivity contribution in [3.63, 3.8) is 0 Å². The largest absolute Gasteiger partial charge is 0.482 e. The van der Waals surface area contributed by atoms with Crippen molar-refractivity contribution in [1.29, 1.82) is 5.26 Å². The van der Waals surface area contributed by atoms with E-state index in [1.54, 1.807) is 25.3 Å². The molecular formula is C32H28N2O10. The number of pyridine rings is 1. The van der Waals surface area contributed by atoms with Crippen LogP contribution in [0.5, 0.6) is 5.75 Å². The molecule has 226 valence electrons. The summed E-state index contributed by atoms with van der Waals surface area (Å²) in [7, 11) is 0. The molecular weight excluding hydrogens is 572 g/mol. The topological polar surface area (TPSA) is 172 Å². The fraction of sp³-hybridized carbons (Fsp3) is 0.344. The number of benzene rings is 1. The molecule has 5 rings (SSSR count). The van der Waals surface area contributed by atoms with Crippen LogP contribution in [0.15, 0.2) is 64.1 Å². The van der Waals surface area contributed by atoms with Gasteiger partial charge in [0, 0.05) is 50.7 Å². The quantitative estimate of drug-likeness (QED) is 0.294. The molecule has 3 aromatic rings. The van der Waals surface area contributed by atoms with Gasteiger partial charge in [-0.3, -0.25) is 19.4 Å². The van der Waals surface area contributed by atoms with Crippen molar-refractivity contribution in [1.82, 2.24) is 4.98 Å². The predicted molar refractivity (Wildman–Crippen MR) is 150 cm³/mol. The van der Waals surface area contributed by atoms with E-state index in [1.807, 2.05) is 6.07 Å². The van der Waals surface area contributed by atoms with Gasteiger partial charge < -0.3 is 23.4 Å². The minimum absolute atomic E-state index is 0.0500. The van der Waals surface area contributed by atoms with Crippen molar-refractivity contribution in [2.24, 2.45) is 11.8 Å². The summed E-state index contributed by atoms with van der Waals surface area (Å²) in [5.74, 6) is -6.62. The molecule has 0 radical (unpaired) electrons. The number of nitrogens with zero attached hydrogens (tertiary/aromatic N) is 2. The Morgan fingerprint density at radius 3 is 2.34 bits per heavy atom. The number of hydrogen-bond donors (Lipinski definition) is 0. The van der Waals surface area contributed by atoms with Gasteiger partial charge in [0.1, 0.15) is 23.2 Å². The minimum Gasteiger partial charge on any atom is -0.482 e. The highest BCUT2D eigenvalue weighted by Crippen LogP contribution is 2.51. The van der Waals surface area contributed by atoms with Gasteiger partial charge in [-0.05, 0) is 56.2 Å². The van der Waals surface area contributed by atoms with Gasteiger partial charge in [0.2, 0.25) is 0 Å². The van der Waals surface area contributed by atoms with Crippen LogP contribution in [0.4, 0.5) is 0 Å². The van der Waals surface area contributed by atoms with E-state index < -0.39 is 58.6 Å². The summed E-state index contributed by atoms with van der Waals surface area (Å²) >= 11 is 0. The van der Waals surface area contributed by atoms with Crippen LogP contribution >= 0.6 is 0 Å². The molecule has 1 aliphatic carbocycles. The SMILES string of the molecule is CC(=O)OC(C)(OC(C)=O)[C@@H]1C[C@H](OC(=O)c2ccc(C#N)cc2)[C@@]2(C)Oc3cc(-c4cccnc4)oc(=O)c3C(=O)[C@@H]2C1. The molecule has 1 saturated carbocycles. The van der Waals surface area contributed by atoms with Gasteiger partial charge in [-0.15, -0.1) is 0 Å². The first-order chi connectivity index (χ1) is 20.8. The first kappa shape index (κ1) is 30.2. The zero-order valence-corrected chi connectivity index (χ0v) is 24.3. The average Bonchev–Trinajstić information content (AvgIpc) is 2.97. The van der Waals surface area contributed by atoms with Gasteiger partial charge in [-0.25, -0.2) is 9.59 Å². The number of hydrogen-bond acceptors (Lipinski definition) is 12. The number of fused-ring (bicyclic) bond motifs is 2. The normalized spacial score (nSPS) is 22.3. The third kappa shape index (κ3) is 5.56. The summed E-state index contributed by atoms with van der Waals surface area (Å²) in [6, 6.07) is 12.5. The molecule has 1 fully saturated rings. The first-order valence-corrected chi connectivity index (χ1v) is 13.8. The van der Waals surface area contributed by atoms with E-state index in [-0.39, 0.29) is 35.5 Å². The summed E-state index contributed by atoms with van der Waals surface area (Å²) in [5, 5.41) is 9.12. The zero-order chi connectivity index (χ0) is 31.8. The second-order valence-corrected chi connectivity index (χ2v) is 11.0. The zero-order valence-electron chi connectivity index (χ0n) is 24.3. The Bertz CT molecular complexity index is 1730. The number of esters is 3. The lowest BCUT2D eigenvalue weighted by molar-refractivity contribution is -0.253. The molecule has 12 nitrogen and oxygen atoms in total. The maximum Gasteiger partial charge on any atom is 0.351 e. The molecule has 1 aromatic carbocycles. The molecule has 0 spiro atoms. The van der Waals surface area contributed by atoms with Crippen LogP contribution in [-0.4, -0.2) is 46.2 Å². The smallest absolute Gasteiger partial charge is 0.351 e. The number of ether oxygens (including phenoxy) is 4. The van der Waals surface area contributed by atoms with Gasteiger partial charge in [0.15, 0.2) is 11.4 Å². The molecule has 4 atom stereocenters. The van der Waals surface area contributed by atoms with Crippen molar-refractivity contribution in [3.8, 4) is 23.1 Å². The Kier molecular flexibility index (Phi) is 7.82. The lowest BCUT2D eigenvalue weighted by Gasteiger charge is -2.52. The van der Waals surface area contributed by atoms with Crippen molar-refractivity contribution < 1.29 is 42.5 Å². The Morgan fingerprint density at radius 2 is 1.75 bits per heavy atom. The minimum atomic E-state index is -1.84. The van der Waals surface area contributed by atoms with Crippen molar-refractivity contribution >= 4 is 23.7 Å². The van der Waals surface area contributed by atoms with E-state index in [4.69, 9.17) is 28.6 Å². The molecule has 2 aromatic heterocycles. The molecule has 0 saturated heterocycles. The van der Waals surface area contributed by atoms with E-state index >= 15 is 0 Å². The van der Waals surface area contributed by atoms with E-state index in [0.29, 0.717) is 11.1 Å². The maximum atomic E-state index is 14.1. The number of rotatable bonds is 6. The highest BCUT2D eigenvalue weighted by Gasteiger charge is 2.61. The second-order valence-electron chi connectivity index (χ2n) is 11.0. The molecule has 0 unspecified atom stereocenters. The third-order valence-corrected chi connectivity index (χ3v) is 8.04. The van der Waals surface area contributed by atoms with Crippen LogP contribution in [0.3, 0.4) is 0 Å². The van der Waals surface area contributed by atoms with Gasteiger partial charge in [-0.1, -0.05) is 0 Å². The van der Waals surface area contributed by atoms with Crippen molar-refractivity contribution in [2.45, 2.75) is 58.0 Å². The number of nitriles is 1. The third-order valence-electron chi connectivity index (χ3n) is 8.04. The molecule has 2 aliphatic rings. The van der Waals surface area contributed by atoms with Gasteiger partial charge in [-0.2, -0.15) is 5.26 Å². The Hall–Kier alpha value is -5.31. The number of ketones is 1. The molecule has 12 heteroatoms. The first-order valence-electron chi connectivity index (χ1n) is 13.8. The highest BCUT2D eigenvalue weighted by atomic mass is 16.7. The number of aromatic nitrogens is 1. The summed E-state index contributed by atoms with van der Waals surface area (Å²) in [6.07, 6.45) is 1.77. The molecule has 0 N–H and O–H groups in total. The van der Waals surface area contributed by atoms with E-state index in [0.717, 1.165) is 13.8 Å². The summed E-state index contributed by atoms with van der Waals surface area (Å²) in [4.78, 5) is 68.8. The summed E-state index contributed by atoms with van der Waals surface area (Å²) in [6.45, 7) is 5.28. The molecule has 0 bridgehead atoms. The van der Waals surface area contributed by atoms with Gasteiger partial charge in [0.05, 0.1) is 23.1 Å². The monoisotopic (exact) mass is 600 g/mol. The van der Waals surface area contributed by atoms with E-state index in [9.17, 15) is 24.0 Å². The van der Waals surface area contributed by atoms with Gasteiger partial charge >= 0.3 is 23.5 Å².